The fourth-order valence-corrected chi connectivity index (χ4v) is 5.25. The average molecular weight is 433 g/mol. The highest BCUT2D eigenvalue weighted by molar-refractivity contribution is 7.92. The minimum absolute atomic E-state index is 0.0687. The lowest BCUT2D eigenvalue weighted by Crippen LogP contribution is -2.33. The third kappa shape index (κ3) is 3.86. The number of anilines is 1. The molecule has 0 fully saturated rings. The molecule has 0 saturated heterocycles. The molecule has 0 radical (unpaired) electrons. The molecule has 0 aliphatic rings. The maximum absolute atomic E-state index is 13.6. The summed E-state index contributed by atoms with van der Waals surface area (Å²) in [5.74, 6) is 0. The zero-order valence-electron chi connectivity index (χ0n) is 17.7. The molecule has 0 unspecified atom stereocenters. The number of pyridine rings is 1. The van der Waals surface area contributed by atoms with Crippen molar-refractivity contribution in [2.24, 2.45) is 0 Å². The van der Waals surface area contributed by atoms with E-state index in [0.29, 0.717) is 11.3 Å². The summed E-state index contributed by atoms with van der Waals surface area (Å²) in [6, 6.07) is 21.4. The third-order valence-corrected chi connectivity index (χ3v) is 7.43. The van der Waals surface area contributed by atoms with Crippen molar-refractivity contribution >= 4 is 26.6 Å². The minimum atomic E-state index is -3.89. The van der Waals surface area contributed by atoms with E-state index < -0.39 is 10.0 Å². The van der Waals surface area contributed by atoms with Crippen LogP contribution in [0.4, 0.5) is 5.69 Å². The first-order valence-electron chi connectivity index (χ1n) is 10.0. The molecule has 31 heavy (non-hydrogen) atoms. The lowest BCUT2D eigenvalue weighted by atomic mass is 10.1. The SMILES string of the molecule is Cc1cccc(N(Cc2cc3cccc(C)c3[nH]c2=O)S(=O)(=O)c2ccccc2)c1C. The number of aromatic nitrogens is 1. The van der Waals surface area contributed by atoms with Crippen LogP contribution < -0.4 is 9.86 Å². The number of benzene rings is 3. The second-order valence-electron chi connectivity index (χ2n) is 7.71. The van der Waals surface area contributed by atoms with Gasteiger partial charge in [0.25, 0.3) is 15.6 Å². The van der Waals surface area contributed by atoms with Crippen molar-refractivity contribution in [2.45, 2.75) is 32.2 Å². The van der Waals surface area contributed by atoms with Crippen LogP contribution in [-0.4, -0.2) is 13.4 Å². The monoisotopic (exact) mass is 432 g/mol. The molecule has 1 aromatic heterocycles. The number of nitrogens with zero attached hydrogens (tertiary/aromatic N) is 1. The van der Waals surface area contributed by atoms with Gasteiger partial charge >= 0.3 is 0 Å². The summed E-state index contributed by atoms with van der Waals surface area (Å²) in [5, 5.41) is 0.868. The summed E-state index contributed by atoms with van der Waals surface area (Å²) >= 11 is 0. The van der Waals surface area contributed by atoms with Crippen LogP contribution in [-0.2, 0) is 16.6 Å². The Labute approximate surface area is 182 Å². The van der Waals surface area contributed by atoms with E-state index in [2.05, 4.69) is 4.98 Å². The van der Waals surface area contributed by atoms with Gasteiger partial charge in [0.05, 0.1) is 22.6 Å². The zero-order chi connectivity index (χ0) is 22.2. The number of fused-ring (bicyclic) bond motifs is 1. The second-order valence-corrected chi connectivity index (χ2v) is 9.57. The Kier molecular flexibility index (Phi) is 5.41. The number of H-pyrrole nitrogens is 1. The van der Waals surface area contributed by atoms with Gasteiger partial charge in [-0.3, -0.25) is 9.10 Å². The topological polar surface area (TPSA) is 70.2 Å². The maximum atomic E-state index is 13.6. The smallest absolute Gasteiger partial charge is 0.264 e. The third-order valence-electron chi connectivity index (χ3n) is 5.65. The molecule has 3 aromatic carbocycles. The molecule has 4 aromatic rings. The van der Waals surface area contributed by atoms with E-state index in [1.54, 1.807) is 42.5 Å². The van der Waals surface area contributed by atoms with Gasteiger partial charge < -0.3 is 4.98 Å². The molecule has 158 valence electrons. The normalized spacial score (nSPS) is 11.6. The van der Waals surface area contributed by atoms with Crippen LogP contribution in [0.2, 0.25) is 0 Å². The van der Waals surface area contributed by atoms with Gasteiger partial charge in [-0.1, -0.05) is 48.5 Å². The van der Waals surface area contributed by atoms with Gasteiger partial charge in [-0.15, -0.1) is 0 Å². The summed E-state index contributed by atoms with van der Waals surface area (Å²) in [6.45, 7) is 5.70. The molecule has 0 bridgehead atoms. The Morgan fingerprint density at radius 2 is 1.52 bits per heavy atom. The molecule has 0 saturated carbocycles. The lowest BCUT2D eigenvalue weighted by molar-refractivity contribution is 0.590. The van der Waals surface area contributed by atoms with E-state index in [4.69, 9.17) is 0 Å². The molecule has 0 aliphatic carbocycles. The predicted molar refractivity (Wildman–Crippen MR) is 125 cm³/mol. The van der Waals surface area contributed by atoms with Crippen molar-refractivity contribution in [3.63, 3.8) is 0 Å². The Hall–Kier alpha value is -3.38. The molecule has 1 N–H and O–H groups in total. The molecule has 6 heteroatoms. The molecule has 5 nitrogen and oxygen atoms in total. The largest absolute Gasteiger partial charge is 0.321 e. The zero-order valence-corrected chi connectivity index (χ0v) is 18.5. The van der Waals surface area contributed by atoms with Crippen molar-refractivity contribution < 1.29 is 8.42 Å². The number of aromatic amines is 1. The summed E-state index contributed by atoms with van der Waals surface area (Å²) in [7, 11) is -3.89. The summed E-state index contributed by atoms with van der Waals surface area (Å²) in [6.07, 6.45) is 0. The Balaban J connectivity index is 1.90. The van der Waals surface area contributed by atoms with Crippen molar-refractivity contribution in [3.8, 4) is 0 Å². The van der Waals surface area contributed by atoms with Crippen molar-refractivity contribution in [3.05, 3.63) is 105 Å². The van der Waals surface area contributed by atoms with Crippen molar-refractivity contribution in [2.75, 3.05) is 4.31 Å². The van der Waals surface area contributed by atoms with Crippen LogP contribution in [0.15, 0.2) is 82.5 Å². The van der Waals surface area contributed by atoms with Gasteiger partial charge in [0.1, 0.15) is 0 Å². The van der Waals surface area contributed by atoms with Crippen molar-refractivity contribution in [1.82, 2.24) is 4.98 Å². The van der Waals surface area contributed by atoms with Crippen LogP contribution >= 0.6 is 0 Å². The van der Waals surface area contributed by atoms with Gasteiger partial charge in [-0.05, 0) is 67.1 Å². The van der Waals surface area contributed by atoms with Crippen LogP contribution in [0.25, 0.3) is 10.9 Å². The lowest BCUT2D eigenvalue weighted by Gasteiger charge is -2.26. The predicted octanol–water partition coefficient (Wildman–Crippen LogP) is 4.85. The van der Waals surface area contributed by atoms with E-state index in [0.717, 1.165) is 27.6 Å². The first-order valence-corrected chi connectivity index (χ1v) is 11.5. The van der Waals surface area contributed by atoms with E-state index in [1.807, 2.05) is 51.1 Å². The molecule has 0 aliphatic heterocycles. The van der Waals surface area contributed by atoms with Crippen molar-refractivity contribution in [1.29, 1.82) is 0 Å². The number of para-hydroxylation sites is 1. The van der Waals surface area contributed by atoms with Crippen LogP contribution in [0, 0.1) is 20.8 Å². The first-order chi connectivity index (χ1) is 14.8. The highest BCUT2D eigenvalue weighted by Gasteiger charge is 2.27. The standard InChI is InChI=1S/C25H24N2O3S/c1-17-9-8-14-23(19(17)3)27(31(29,30)22-12-5-4-6-13-22)16-21-15-20-11-7-10-18(2)24(20)26-25(21)28/h4-15H,16H2,1-3H3,(H,26,28). The number of sulfonamides is 1. The van der Waals surface area contributed by atoms with E-state index in [9.17, 15) is 13.2 Å². The molecule has 4 rings (SSSR count). The first kappa shape index (κ1) is 20.9. The summed E-state index contributed by atoms with van der Waals surface area (Å²) in [5.41, 5.74) is 4.22. The van der Waals surface area contributed by atoms with Gasteiger partial charge in [-0.25, -0.2) is 8.42 Å². The summed E-state index contributed by atoms with van der Waals surface area (Å²) in [4.78, 5) is 16.0. The molecule has 1 heterocycles. The number of hydrogen-bond acceptors (Lipinski definition) is 3. The highest BCUT2D eigenvalue weighted by atomic mass is 32.2. The fourth-order valence-electron chi connectivity index (χ4n) is 3.73. The van der Waals surface area contributed by atoms with E-state index in [-0.39, 0.29) is 17.0 Å². The fraction of sp³-hybridized carbons (Fsp3) is 0.160. The van der Waals surface area contributed by atoms with Gasteiger partial charge in [0.2, 0.25) is 0 Å². The summed E-state index contributed by atoms with van der Waals surface area (Å²) < 4.78 is 28.6. The van der Waals surface area contributed by atoms with E-state index in [1.165, 1.54) is 4.31 Å². The van der Waals surface area contributed by atoms with Gasteiger partial charge in [-0.2, -0.15) is 0 Å². The Morgan fingerprint density at radius 3 is 2.26 bits per heavy atom. The molecule has 0 spiro atoms. The van der Waals surface area contributed by atoms with Crippen LogP contribution in [0.1, 0.15) is 22.3 Å². The number of rotatable bonds is 5. The van der Waals surface area contributed by atoms with Crippen LogP contribution in [0.3, 0.4) is 0 Å². The number of nitrogens with one attached hydrogen (secondary N) is 1. The second kappa shape index (κ2) is 8.04. The molecular formula is C25H24N2O3S. The maximum Gasteiger partial charge on any atom is 0.264 e. The molecule has 0 amide bonds. The quantitative estimate of drug-likeness (QED) is 0.490. The minimum Gasteiger partial charge on any atom is -0.321 e. The highest BCUT2D eigenvalue weighted by Crippen LogP contribution is 2.30. The number of hydrogen-bond donors (Lipinski definition) is 1. The van der Waals surface area contributed by atoms with Gasteiger partial charge in [0.15, 0.2) is 0 Å². The van der Waals surface area contributed by atoms with E-state index >= 15 is 0 Å². The van der Waals surface area contributed by atoms with Crippen LogP contribution in [0.5, 0.6) is 0 Å². The average Bonchev–Trinajstić information content (AvgIpc) is 2.76. The Morgan fingerprint density at radius 1 is 0.839 bits per heavy atom. The molecular weight excluding hydrogens is 408 g/mol. The van der Waals surface area contributed by atoms with Gasteiger partial charge in [0, 0.05) is 5.56 Å². The number of aryl methyl sites for hydroxylation is 2. The Bertz CT molecular complexity index is 1420. The molecule has 0 atom stereocenters.